The number of ketones is 1. The molecule has 0 aliphatic heterocycles. The van der Waals surface area contributed by atoms with Gasteiger partial charge < -0.3 is 9.30 Å². The van der Waals surface area contributed by atoms with E-state index in [1.54, 1.807) is 22.8 Å². The van der Waals surface area contributed by atoms with Gasteiger partial charge in [-0.2, -0.15) is 0 Å². The molecule has 6 nitrogen and oxygen atoms in total. The van der Waals surface area contributed by atoms with Crippen LogP contribution in [0.15, 0.2) is 54.6 Å². The summed E-state index contributed by atoms with van der Waals surface area (Å²) in [5.41, 5.74) is 4.15. The lowest BCUT2D eigenvalue weighted by Crippen LogP contribution is -2.20. The molecular weight excluding hydrogens is 467 g/mol. The smallest absolute Gasteiger partial charge is 0.221 e. The third-order valence-electron chi connectivity index (χ3n) is 5.94. The zero-order chi connectivity index (χ0) is 25.3. The largest absolute Gasteiger partial charge is 0.481 e. The van der Waals surface area contributed by atoms with Gasteiger partial charge in [-0.1, -0.05) is 31.2 Å². The highest BCUT2D eigenvalue weighted by Gasteiger charge is 2.28. The number of nitrogens with zero attached hydrogens (tertiary/aromatic N) is 2. The number of halogens is 1. The number of methoxy groups -OCH3 is 1. The Morgan fingerprint density at radius 2 is 1.86 bits per heavy atom. The van der Waals surface area contributed by atoms with Gasteiger partial charge in [0.15, 0.2) is 15.6 Å². The summed E-state index contributed by atoms with van der Waals surface area (Å²) in [4.78, 5) is 18.1. The predicted molar refractivity (Wildman–Crippen MR) is 135 cm³/mol. The molecule has 0 bridgehead atoms. The van der Waals surface area contributed by atoms with Crippen LogP contribution in [0.25, 0.3) is 22.0 Å². The fourth-order valence-corrected chi connectivity index (χ4v) is 4.94. The molecule has 182 valence electrons. The van der Waals surface area contributed by atoms with E-state index in [9.17, 15) is 17.6 Å². The number of aromatic nitrogens is 2. The molecule has 8 heteroatoms. The van der Waals surface area contributed by atoms with Crippen LogP contribution in [-0.4, -0.2) is 42.9 Å². The van der Waals surface area contributed by atoms with Crippen molar-refractivity contribution in [1.29, 1.82) is 0 Å². The zero-order valence-electron chi connectivity index (χ0n) is 20.1. The van der Waals surface area contributed by atoms with Crippen LogP contribution in [0.2, 0.25) is 0 Å². The van der Waals surface area contributed by atoms with Crippen molar-refractivity contribution in [3.8, 4) is 17.0 Å². The van der Waals surface area contributed by atoms with Gasteiger partial charge in [0.1, 0.15) is 11.6 Å². The monoisotopic (exact) mass is 494 g/mol. The van der Waals surface area contributed by atoms with Crippen LogP contribution >= 0.6 is 0 Å². The summed E-state index contributed by atoms with van der Waals surface area (Å²) in [5, 5.41) is 0.751. The minimum absolute atomic E-state index is 0.0566. The van der Waals surface area contributed by atoms with Gasteiger partial charge in [0.2, 0.25) is 5.88 Å². The standard InChI is InChI=1S/C27H27FN2O4S/c1-5-18-11-13-23-21(14-18)25(20-12-10-17(2)29-27(20)34-3)26(24(31)16-35(4,32)33)30(23)15-19-8-6-7-9-22(19)28/h6-14H,5,15-16H2,1-4H3. The molecule has 0 atom stereocenters. The molecule has 0 saturated heterocycles. The van der Waals surface area contributed by atoms with Gasteiger partial charge in [0, 0.05) is 39.5 Å². The number of pyridine rings is 1. The van der Waals surface area contributed by atoms with Crippen LogP contribution in [0.3, 0.4) is 0 Å². The molecule has 0 N–H and O–H groups in total. The number of Topliss-reactive ketones (excluding diaryl/α,β-unsaturated/α-hetero) is 1. The van der Waals surface area contributed by atoms with E-state index in [4.69, 9.17) is 4.74 Å². The van der Waals surface area contributed by atoms with Crippen LogP contribution in [0.4, 0.5) is 4.39 Å². The van der Waals surface area contributed by atoms with Gasteiger partial charge in [-0.25, -0.2) is 17.8 Å². The summed E-state index contributed by atoms with van der Waals surface area (Å²) in [7, 11) is -2.13. The molecular formula is C27H27FN2O4S. The molecule has 0 radical (unpaired) electrons. The molecule has 4 rings (SSSR count). The van der Waals surface area contributed by atoms with E-state index in [1.165, 1.54) is 13.2 Å². The van der Waals surface area contributed by atoms with Crippen LogP contribution in [0, 0.1) is 12.7 Å². The van der Waals surface area contributed by atoms with E-state index in [1.807, 2.05) is 44.2 Å². The van der Waals surface area contributed by atoms with Crippen LogP contribution < -0.4 is 4.74 Å². The number of carbonyl (C=O) groups is 1. The first kappa shape index (κ1) is 24.6. The molecule has 0 spiro atoms. The molecule has 0 amide bonds. The topological polar surface area (TPSA) is 78.3 Å². The number of benzene rings is 2. The van der Waals surface area contributed by atoms with Gasteiger partial charge in [-0.3, -0.25) is 4.79 Å². The third-order valence-corrected chi connectivity index (χ3v) is 6.73. The third kappa shape index (κ3) is 4.98. The van der Waals surface area contributed by atoms with Gasteiger partial charge in [0.25, 0.3) is 0 Å². The SMILES string of the molecule is CCc1ccc2c(c1)c(-c1ccc(C)nc1OC)c(C(=O)CS(C)(=O)=O)n2Cc1ccccc1F. The molecule has 2 heterocycles. The van der Waals surface area contributed by atoms with Crippen molar-refractivity contribution in [2.75, 3.05) is 19.1 Å². The summed E-state index contributed by atoms with van der Waals surface area (Å²) in [6.07, 6.45) is 1.79. The second-order valence-electron chi connectivity index (χ2n) is 8.61. The normalized spacial score (nSPS) is 11.7. The fraction of sp³-hybridized carbons (Fsp3) is 0.259. The van der Waals surface area contributed by atoms with E-state index in [0.717, 1.165) is 29.3 Å². The lowest BCUT2D eigenvalue weighted by molar-refractivity contribution is 0.101. The van der Waals surface area contributed by atoms with Gasteiger partial charge in [-0.15, -0.1) is 0 Å². The maximum atomic E-state index is 14.7. The lowest BCUT2D eigenvalue weighted by atomic mass is 9.99. The Kier molecular flexibility index (Phi) is 6.76. The van der Waals surface area contributed by atoms with Gasteiger partial charge >= 0.3 is 0 Å². The number of hydrogen-bond donors (Lipinski definition) is 0. The first-order valence-corrected chi connectivity index (χ1v) is 13.3. The van der Waals surface area contributed by atoms with Gasteiger partial charge in [0.05, 0.1) is 19.3 Å². The predicted octanol–water partition coefficient (Wildman–Crippen LogP) is 5.00. The highest BCUT2D eigenvalue weighted by molar-refractivity contribution is 7.91. The molecule has 2 aromatic carbocycles. The molecule has 0 saturated carbocycles. The number of hydrogen-bond acceptors (Lipinski definition) is 5. The summed E-state index contributed by atoms with van der Waals surface area (Å²) >= 11 is 0. The number of carbonyl (C=O) groups excluding carboxylic acids is 1. The molecule has 2 aromatic heterocycles. The number of fused-ring (bicyclic) bond motifs is 1. The average molecular weight is 495 g/mol. The number of rotatable bonds is 8. The maximum absolute atomic E-state index is 14.7. The van der Waals surface area contributed by atoms with Crippen molar-refractivity contribution in [2.45, 2.75) is 26.8 Å². The molecule has 35 heavy (non-hydrogen) atoms. The maximum Gasteiger partial charge on any atom is 0.221 e. The average Bonchev–Trinajstić information content (AvgIpc) is 3.12. The highest BCUT2D eigenvalue weighted by Crippen LogP contribution is 2.40. The van der Waals surface area contributed by atoms with Gasteiger partial charge in [-0.05, 0) is 49.2 Å². The highest BCUT2D eigenvalue weighted by atomic mass is 32.2. The van der Waals surface area contributed by atoms with Crippen LogP contribution in [0.5, 0.6) is 5.88 Å². The first-order chi connectivity index (χ1) is 16.6. The number of sulfone groups is 1. The molecule has 0 unspecified atom stereocenters. The second-order valence-corrected chi connectivity index (χ2v) is 10.7. The summed E-state index contributed by atoms with van der Waals surface area (Å²) in [6.45, 7) is 3.92. The minimum atomic E-state index is -3.62. The van der Waals surface area contributed by atoms with E-state index in [-0.39, 0.29) is 12.2 Å². The first-order valence-electron chi connectivity index (χ1n) is 11.2. The molecule has 4 aromatic rings. The van der Waals surface area contributed by atoms with Crippen molar-refractivity contribution in [3.63, 3.8) is 0 Å². The van der Waals surface area contributed by atoms with Crippen molar-refractivity contribution >= 4 is 26.5 Å². The van der Waals surface area contributed by atoms with E-state index < -0.39 is 27.2 Å². The minimum Gasteiger partial charge on any atom is -0.481 e. The van der Waals surface area contributed by atoms with Crippen LogP contribution in [0.1, 0.15) is 34.2 Å². The fourth-order valence-electron chi connectivity index (χ4n) is 4.33. The Labute approximate surface area is 204 Å². The Hall–Kier alpha value is -3.52. The van der Waals surface area contributed by atoms with E-state index in [0.29, 0.717) is 28.1 Å². The Morgan fingerprint density at radius 3 is 2.51 bits per heavy atom. The van der Waals surface area contributed by atoms with Crippen LogP contribution in [-0.2, 0) is 22.8 Å². The molecule has 0 fully saturated rings. The Morgan fingerprint density at radius 1 is 1.11 bits per heavy atom. The van der Waals surface area contributed by atoms with E-state index in [2.05, 4.69) is 4.98 Å². The Balaban J connectivity index is 2.12. The molecule has 0 aliphatic carbocycles. The van der Waals surface area contributed by atoms with E-state index >= 15 is 0 Å². The van der Waals surface area contributed by atoms with Crippen molar-refractivity contribution in [1.82, 2.24) is 9.55 Å². The quantitative estimate of drug-likeness (QED) is 0.322. The Bertz CT molecular complexity index is 1540. The summed E-state index contributed by atoms with van der Waals surface area (Å²) < 4.78 is 46.2. The number of aryl methyl sites for hydroxylation is 2. The van der Waals surface area contributed by atoms with Crippen molar-refractivity contribution < 1.29 is 22.3 Å². The summed E-state index contributed by atoms with van der Waals surface area (Å²) in [6, 6.07) is 15.8. The van der Waals surface area contributed by atoms with Crippen molar-refractivity contribution in [2.24, 2.45) is 0 Å². The molecule has 0 aliphatic rings. The lowest BCUT2D eigenvalue weighted by Gasteiger charge is -2.14. The zero-order valence-corrected chi connectivity index (χ0v) is 20.9. The number of ether oxygens (including phenoxy) is 1. The van der Waals surface area contributed by atoms with Crippen molar-refractivity contribution in [3.05, 3.63) is 82.9 Å². The second kappa shape index (κ2) is 9.62. The summed E-state index contributed by atoms with van der Waals surface area (Å²) in [5.74, 6) is -1.33.